The van der Waals surface area contributed by atoms with Gasteiger partial charge in [0.15, 0.2) is 11.6 Å². The number of aryl methyl sites for hydroxylation is 1. The van der Waals surface area contributed by atoms with Crippen LogP contribution in [0.1, 0.15) is 11.6 Å². The van der Waals surface area contributed by atoms with Gasteiger partial charge in [0, 0.05) is 12.4 Å². The number of hydrogen-bond acceptors (Lipinski definition) is 5. The molecule has 7 heteroatoms. The molecule has 4 rings (SSSR count). The maximum atomic E-state index is 9.18. The molecule has 0 saturated heterocycles. The minimum Gasteiger partial charge on any atom is -0.457 e. The fourth-order valence-electron chi connectivity index (χ4n) is 2.60. The molecular formula is C16H15N5O2. The van der Waals surface area contributed by atoms with Gasteiger partial charge >= 0.3 is 0 Å². The summed E-state index contributed by atoms with van der Waals surface area (Å²) in [5.41, 5.74) is 1.75. The van der Waals surface area contributed by atoms with Crippen LogP contribution in [0.2, 0.25) is 0 Å². The Hall–Kier alpha value is -2.93. The van der Waals surface area contributed by atoms with Gasteiger partial charge in [-0.3, -0.25) is 4.68 Å². The number of aliphatic hydroxyl groups excluding tert-OH is 1. The molecule has 0 atom stereocenters. The van der Waals surface area contributed by atoms with E-state index in [-0.39, 0.29) is 6.61 Å². The smallest absolute Gasteiger partial charge is 0.155 e. The number of aromatic nitrogens is 5. The third kappa shape index (κ3) is 2.31. The number of para-hydroxylation sites is 1. The van der Waals surface area contributed by atoms with E-state index >= 15 is 0 Å². The molecule has 0 aliphatic carbocycles. The molecule has 0 aliphatic rings. The summed E-state index contributed by atoms with van der Waals surface area (Å²) in [6.45, 7) is 0.391. The zero-order valence-electron chi connectivity index (χ0n) is 12.5. The molecule has 0 radical (unpaired) electrons. The van der Waals surface area contributed by atoms with Crippen molar-refractivity contribution in [2.75, 3.05) is 0 Å². The van der Waals surface area contributed by atoms with E-state index in [0.717, 1.165) is 22.4 Å². The van der Waals surface area contributed by atoms with E-state index in [0.29, 0.717) is 18.1 Å². The first-order chi connectivity index (χ1) is 11.3. The van der Waals surface area contributed by atoms with Crippen LogP contribution in [0.25, 0.3) is 22.4 Å². The van der Waals surface area contributed by atoms with Crippen LogP contribution in [-0.4, -0.2) is 29.7 Å². The van der Waals surface area contributed by atoms with Gasteiger partial charge in [0.05, 0.1) is 5.52 Å². The predicted molar refractivity (Wildman–Crippen MR) is 83.5 cm³/mol. The van der Waals surface area contributed by atoms with Gasteiger partial charge < -0.3 is 14.1 Å². The highest BCUT2D eigenvalue weighted by Crippen LogP contribution is 2.29. The molecule has 0 bridgehead atoms. The first-order valence-corrected chi connectivity index (χ1v) is 7.24. The standard InChI is InChI=1S/C16H15N5O2/c1-20-10-17-18-15(20)8-21-13-5-3-2-4-12(13)16(19-21)14-7-6-11(9-22)23-14/h2-7,10,22H,8-9H2,1H3. The average molecular weight is 309 g/mol. The molecular weight excluding hydrogens is 294 g/mol. The first-order valence-electron chi connectivity index (χ1n) is 7.24. The van der Waals surface area contributed by atoms with E-state index in [2.05, 4.69) is 15.3 Å². The van der Waals surface area contributed by atoms with Crippen LogP contribution < -0.4 is 0 Å². The van der Waals surface area contributed by atoms with Crippen molar-refractivity contribution in [3.8, 4) is 11.5 Å². The highest BCUT2D eigenvalue weighted by atomic mass is 16.4. The minimum absolute atomic E-state index is 0.127. The highest BCUT2D eigenvalue weighted by Gasteiger charge is 2.16. The SMILES string of the molecule is Cn1cnnc1Cn1nc(-c2ccc(CO)o2)c2ccccc21. The second-order valence-electron chi connectivity index (χ2n) is 5.31. The zero-order valence-corrected chi connectivity index (χ0v) is 12.5. The van der Waals surface area contributed by atoms with Gasteiger partial charge in [0.25, 0.3) is 0 Å². The normalized spacial score (nSPS) is 11.4. The lowest BCUT2D eigenvalue weighted by molar-refractivity contribution is 0.248. The molecule has 0 spiro atoms. The first kappa shape index (κ1) is 13.7. The van der Waals surface area contributed by atoms with Crippen LogP contribution in [0, 0.1) is 0 Å². The van der Waals surface area contributed by atoms with Crippen molar-refractivity contribution in [2.45, 2.75) is 13.2 Å². The van der Waals surface area contributed by atoms with Crippen molar-refractivity contribution in [3.63, 3.8) is 0 Å². The Labute approximate surface area is 131 Å². The summed E-state index contributed by atoms with van der Waals surface area (Å²) < 4.78 is 9.39. The molecule has 4 aromatic rings. The summed E-state index contributed by atoms with van der Waals surface area (Å²) in [4.78, 5) is 0. The van der Waals surface area contributed by atoms with Crippen LogP contribution in [0.15, 0.2) is 47.1 Å². The molecule has 1 aromatic carbocycles. The van der Waals surface area contributed by atoms with Gasteiger partial charge in [-0.25, -0.2) is 0 Å². The summed E-state index contributed by atoms with van der Waals surface area (Å²) in [7, 11) is 1.90. The second-order valence-corrected chi connectivity index (χ2v) is 5.31. The van der Waals surface area contributed by atoms with Crippen molar-refractivity contribution < 1.29 is 9.52 Å². The number of aliphatic hydroxyl groups is 1. The van der Waals surface area contributed by atoms with Crippen LogP contribution in [0.3, 0.4) is 0 Å². The van der Waals surface area contributed by atoms with Crippen molar-refractivity contribution in [2.24, 2.45) is 7.05 Å². The molecule has 0 fully saturated rings. The fraction of sp³-hybridized carbons (Fsp3) is 0.188. The van der Waals surface area contributed by atoms with Crippen molar-refractivity contribution in [1.29, 1.82) is 0 Å². The summed E-state index contributed by atoms with van der Waals surface area (Å²) in [5.74, 6) is 1.98. The monoisotopic (exact) mass is 309 g/mol. The Bertz CT molecular complexity index is 966. The van der Waals surface area contributed by atoms with E-state index in [9.17, 15) is 5.11 Å². The molecule has 1 N–H and O–H groups in total. The quantitative estimate of drug-likeness (QED) is 0.623. The summed E-state index contributed by atoms with van der Waals surface area (Å²) >= 11 is 0. The zero-order chi connectivity index (χ0) is 15.8. The highest BCUT2D eigenvalue weighted by molar-refractivity contribution is 5.92. The van der Waals surface area contributed by atoms with Crippen molar-refractivity contribution in [1.82, 2.24) is 24.5 Å². The Kier molecular flexibility index (Phi) is 3.20. The van der Waals surface area contributed by atoms with E-state index in [1.807, 2.05) is 46.6 Å². The number of rotatable bonds is 4. The van der Waals surface area contributed by atoms with E-state index in [4.69, 9.17) is 4.42 Å². The second kappa shape index (κ2) is 5.36. The maximum absolute atomic E-state index is 9.18. The molecule has 0 saturated carbocycles. The topological polar surface area (TPSA) is 81.9 Å². The molecule has 0 aliphatic heterocycles. The van der Waals surface area contributed by atoms with Gasteiger partial charge in [-0.15, -0.1) is 10.2 Å². The van der Waals surface area contributed by atoms with Crippen LogP contribution in [-0.2, 0) is 20.2 Å². The molecule has 3 heterocycles. The Morgan fingerprint density at radius 2 is 2.04 bits per heavy atom. The Morgan fingerprint density at radius 1 is 1.17 bits per heavy atom. The third-order valence-corrected chi connectivity index (χ3v) is 3.81. The number of hydrogen-bond donors (Lipinski definition) is 1. The average Bonchev–Trinajstić information content (AvgIpc) is 3.28. The van der Waals surface area contributed by atoms with E-state index in [1.54, 1.807) is 12.4 Å². The van der Waals surface area contributed by atoms with Crippen LogP contribution in [0.5, 0.6) is 0 Å². The molecule has 0 amide bonds. The number of furan rings is 1. The number of fused-ring (bicyclic) bond motifs is 1. The lowest BCUT2D eigenvalue weighted by atomic mass is 10.2. The van der Waals surface area contributed by atoms with Crippen LogP contribution in [0.4, 0.5) is 0 Å². The van der Waals surface area contributed by atoms with Gasteiger partial charge in [-0.05, 0) is 18.2 Å². The number of benzene rings is 1. The van der Waals surface area contributed by atoms with Gasteiger partial charge in [0.1, 0.15) is 30.9 Å². The predicted octanol–water partition coefficient (Wildman–Crippen LogP) is 1.97. The van der Waals surface area contributed by atoms with E-state index in [1.165, 1.54) is 0 Å². The Morgan fingerprint density at radius 3 is 2.78 bits per heavy atom. The molecule has 3 aromatic heterocycles. The maximum Gasteiger partial charge on any atom is 0.155 e. The van der Waals surface area contributed by atoms with Crippen molar-refractivity contribution in [3.05, 3.63) is 54.3 Å². The minimum atomic E-state index is -0.127. The fourth-order valence-corrected chi connectivity index (χ4v) is 2.60. The van der Waals surface area contributed by atoms with Crippen molar-refractivity contribution >= 4 is 10.9 Å². The van der Waals surface area contributed by atoms with Gasteiger partial charge in [-0.1, -0.05) is 18.2 Å². The molecule has 0 unspecified atom stereocenters. The van der Waals surface area contributed by atoms with Crippen LogP contribution >= 0.6 is 0 Å². The molecule has 7 nitrogen and oxygen atoms in total. The summed E-state index contributed by atoms with van der Waals surface area (Å²) in [6, 6.07) is 11.5. The summed E-state index contributed by atoms with van der Waals surface area (Å²) in [6.07, 6.45) is 1.67. The third-order valence-electron chi connectivity index (χ3n) is 3.81. The lowest BCUT2D eigenvalue weighted by Gasteiger charge is -2.02. The summed E-state index contributed by atoms with van der Waals surface area (Å²) in [5, 5.41) is 22.9. The lowest BCUT2D eigenvalue weighted by Crippen LogP contribution is -2.07. The van der Waals surface area contributed by atoms with Gasteiger partial charge in [0.2, 0.25) is 0 Å². The molecule has 116 valence electrons. The van der Waals surface area contributed by atoms with Gasteiger partial charge in [-0.2, -0.15) is 5.10 Å². The molecule has 23 heavy (non-hydrogen) atoms. The van der Waals surface area contributed by atoms with E-state index < -0.39 is 0 Å². The number of nitrogens with zero attached hydrogens (tertiary/aromatic N) is 5. The Balaban J connectivity index is 1.84. The largest absolute Gasteiger partial charge is 0.457 e.